The van der Waals surface area contributed by atoms with Crippen LogP contribution in [0.25, 0.3) is 21.9 Å². The first-order chi connectivity index (χ1) is 19.9. The van der Waals surface area contributed by atoms with Gasteiger partial charge in [0, 0.05) is 12.0 Å². The molecule has 0 aliphatic heterocycles. The van der Waals surface area contributed by atoms with Crippen molar-refractivity contribution in [2.45, 2.75) is 64.5 Å². The molecule has 1 atom stereocenters. The Morgan fingerprint density at radius 3 is 2.44 bits per heavy atom. The van der Waals surface area contributed by atoms with Crippen molar-refractivity contribution in [1.29, 1.82) is 0 Å². The average Bonchev–Trinajstić information content (AvgIpc) is 3.28. The van der Waals surface area contributed by atoms with Gasteiger partial charge in [0.25, 0.3) is 5.56 Å². The molecule has 0 bridgehead atoms. The Labute approximate surface area is 244 Å². The van der Waals surface area contributed by atoms with E-state index in [1.165, 1.54) is 18.2 Å². The number of ether oxygens (including phenoxy) is 1. The lowest BCUT2D eigenvalue weighted by molar-refractivity contribution is -0.141. The molecule has 2 aromatic heterocycles. The van der Waals surface area contributed by atoms with Gasteiger partial charge in [0.05, 0.1) is 34.5 Å². The number of imidazole rings is 1. The normalized spacial score (nSPS) is 13.4. The molecule has 4 aromatic rings. The van der Waals surface area contributed by atoms with Crippen LogP contribution in [0.4, 0.5) is 18.0 Å². The first-order valence-corrected chi connectivity index (χ1v) is 15.4. The van der Waals surface area contributed by atoms with Crippen LogP contribution in [-0.4, -0.2) is 57.4 Å². The minimum atomic E-state index is -4.79. The number of aromatic amines is 1. The van der Waals surface area contributed by atoms with Gasteiger partial charge in [0.2, 0.25) is 0 Å². The lowest BCUT2D eigenvalue weighted by Crippen LogP contribution is -2.43. The molecule has 2 N–H and O–H groups in total. The van der Waals surface area contributed by atoms with Gasteiger partial charge in [0.1, 0.15) is 27.8 Å². The SMILES string of the molecule is CC(C)(C)OC(=O)NC(CCCS(C)(=O)=O)c1ccc2nc(Cn3c(=O)n(CC(F)(F)F)c(=O)c4ccccc43)[nH]c2c1. The maximum atomic E-state index is 13.2. The van der Waals surface area contributed by atoms with Crippen molar-refractivity contribution >= 4 is 37.9 Å². The molecule has 0 saturated heterocycles. The van der Waals surface area contributed by atoms with Gasteiger partial charge in [-0.1, -0.05) is 18.2 Å². The number of alkyl carbamates (subject to hydrolysis) is 1. The fourth-order valence-corrected chi connectivity index (χ4v) is 5.38. The number of nitrogens with zero attached hydrogens (tertiary/aromatic N) is 3. The van der Waals surface area contributed by atoms with Gasteiger partial charge in [-0.25, -0.2) is 23.0 Å². The van der Waals surface area contributed by atoms with Crippen molar-refractivity contribution in [1.82, 2.24) is 24.4 Å². The largest absolute Gasteiger partial charge is 0.444 e. The molecule has 43 heavy (non-hydrogen) atoms. The van der Waals surface area contributed by atoms with E-state index in [1.54, 1.807) is 45.0 Å². The van der Waals surface area contributed by atoms with Crippen LogP contribution < -0.4 is 16.6 Å². The summed E-state index contributed by atoms with van der Waals surface area (Å²) in [5, 5.41) is 2.74. The van der Waals surface area contributed by atoms with Crippen molar-refractivity contribution < 1.29 is 31.1 Å². The smallest absolute Gasteiger partial charge is 0.408 e. The fourth-order valence-electron chi connectivity index (χ4n) is 4.69. The standard InChI is InChI=1S/C28H32F3N5O6S/c1-27(2,3)42-25(38)34-19(9-7-13-43(4,40)41)17-11-12-20-21(14-17)33-23(32-20)15-35-22-10-6-5-8-18(22)24(37)36(26(35)39)16-28(29,30)31/h5-6,8,10-12,14,19H,7,9,13,15-16H2,1-4H3,(H,32,33)(H,34,38). The number of aromatic nitrogens is 4. The molecule has 0 aliphatic rings. The Morgan fingerprint density at radius 2 is 1.79 bits per heavy atom. The number of hydrogen-bond acceptors (Lipinski definition) is 7. The Hall–Kier alpha value is -4.14. The number of halogens is 3. The summed E-state index contributed by atoms with van der Waals surface area (Å²) < 4.78 is 69.6. The number of carbonyl (C=O) groups is 1. The van der Waals surface area contributed by atoms with E-state index in [4.69, 9.17) is 4.74 Å². The van der Waals surface area contributed by atoms with Crippen LogP contribution in [0.1, 0.15) is 51.0 Å². The molecule has 1 unspecified atom stereocenters. The minimum Gasteiger partial charge on any atom is -0.444 e. The van der Waals surface area contributed by atoms with Gasteiger partial charge in [-0.3, -0.25) is 13.9 Å². The summed E-state index contributed by atoms with van der Waals surface area (Å²) in [4.78, 5) is 45.9. The number of alkyl halides is 3. The van der Waals surface area contributed by atoms with Gasteiger partial charge in [-0.2, -0.15) is 13.2 Å². The van der Waals surface area contributed by atoms with E-state index < -0.39 is 51.5 Å². The monoisotopic (exact) mass is 623 g/mol. The van der Waals surface area contributed by atoms with Crippen molar-refractivity contribution in [2.24, 2.45) is 0 Å². The fraction of sp³-hybridized carbons (Fsp3) is 0.429. The number of carbonyl (C=O) groups excluding carboxylic acids is 1. The number of benzene rings is 2. The van der Waals surface area contributed by atoms with Gasteiger partial charge in [-0.05, 0) is 63.4 Å². The molecule has 0 aliphatic carbocycles. The summed E-state index contributed by atoms with van der Waals surface area (Å²) in [6.07, 6.45) is -3.77. The molecule has 2 aromatic carbocycles. The highest BCUT2D eigenvalue weighted by Gasteiger charge is 2.31. The highest BCUT2D eigenvalue weighted by Crippen LogP contribution is 2.24. The van der Waals surface area contributed by atoms with E-state index in [1.807, 2.05) is 0 Å². The summed E-state index contributed by atoms with van der Waals surface area (Å²) in [6.45, 7) is 3.16. The van der Waals surface area contributed by atoms with E-state index in [0.29, 0.717) is 23.0 Å². The van der Waals surface area contributed by atoms with Crippen LogP contribution in [0, 0.1) is 0 Å². The van der Waals surface area contributed by atoms with Crippen LogP contribution in [0.15, 0.2) is 52.1 Å². The van der Waals surface area contributed by atoms with Gasteiger partial charge in [0.15, 0.2) is 0 Å². The Balaban J connectivity index is 1.70. The molecule has 4 rings (SSSR count). The summed E-state index contributed by atoms with van der Waals surface area (Å²) >= 11 is 0. The second-order valence-electron chi connectivity index (χ2n) is 11.3. The predicted octanol–water partition coefficient (Wildman–Crippen LogP) is 4.04. The van der Waals surface area contributed by atoms with Crippen molar-refractivity contribution in [2.75, 3.05) is 12.0 Å². The van der Waals surface area contributed by atoms with Crippen molar-refractivity contribution in [3.05, 3.63) is 74.7 Å². The number of nitrogens with one attached hydrogen (secondary N) is 2. The second-order valence-corrected chi connectivity index (χ2v) is 13.6. The van der Waals surface area contributed by atoms with Crippen LogP contribution in [0.5, 0.6) is 0 Å². The number of sulfone groups is 1. The number of H-pyrrole nitrogens is 1. The summed E-state index contributed by atoms with van der Waals surface area (Å²) in [7, 11) is -3.23. The summed E-state index contributed by atoms with van der Waals surface area (Å²) in [6, 6.07) is 10.4. The molecule has 0 spiro atoms. The summed E-state index contributed by atoms with van der Waals surface area (Å²) in [5.74, 6) is 0.167. The lowest BCUT2D eigenvalue weighted by Gasteiger charge is -2.24. The van der Waals surface area contributed by atoms with Gasteiger partial charge < -0.3 is 15.0 Å². The lowest BCUT2D eigenvalue weighted by atomic mass is 10.0. The molecular weight excluding hydrogens is 591 g/mol. The van der Waals surface area contributed by atoms with Crippen LogP contribution in [0.3, 0.4) is 0 Å². The van der Waals surface area contributed by atoms with Crippen molar-refractivity contribution in [3.63, 3.8) is 0 Å². The average molecular weight is 624 g/mol. The van der Waals surface area contributed by atoms with E-state index in [-0.39, 0.29) is 40.0 Å². The zero-order valence-electron chi connectivity index (χ0n) is 24.0. The molecule has 1 amide bonds. The first kappa shape index (κ1) is 31.8. The third kappa shape index (κ3) is 8.24. The number of hydrogen-bond donors (Lipinski definition) is 2. The quantitative estimate of drug-likeness (QED) is 0.286. The highest BCUT2D eigenvalue weighted by atomic mass is 32.2. The molecule has 232 valence electrons. The topological polar surface area (TPSA) is 145 Å². The van der Waals surface area contributed by atoms with Crippen molar-refractivity contribution in [3.8, 4) is 0 Å². The van der Waals surface area contributed by atoms with Crippen LogP contribution in [0.2, 0.25) is 0 Å². The molecule has 2 heterocycles. The third-order valence-corrected chi connectivity index (χ3v) is 7.46. The third-order valence-electron chi connectivity index (χ3n) is 6.43. The van der Waals surface area contributed by atoms with E-state index in [9.17, 15) is 36.0 Å². The Morgan fingerprint density at radius 1 is 1.09 bits per heavy atom. The summed E-state index contributed by atoms with van der Waals surface area (Å²) in [5.41, 5.74) is -1.15. The zero-order chi connectivity index (χ0) is 31.7. The van der Waals surface area contributed by atoms with E-state index in [0.717, 1.165) is 10.8 Å². The number of para-hydroxylation sites is 1. The molecule has 0 saturated carbocycles. The molecule has 0 fully saturated rings. The zero-order valence-corrected chi connectivity index (χ0v) is 24.8. The van der Waals surface area contributed by atoms with Gasteiger partial charge in [-0.15, -0.1) is 0 Å². The Kier molecular flexibility index (Phi) is 8.77. The minimum absolute atomic E-state index is 0.0464. The molecule has 0 radical (unpaired) electrons. The maximum Gasteiger partial charge on any atom is 0.408 e. The molecule has 15 heteroatoms. The molecular formula is C28H32F3N5O6S. The number of rotatable bonds is 9. The number of amides is 1. The number of fused-ring (bicyclic) bond motifs is 2. The highest BCUT2D eigenvalue weighted by molar-refractivity contribution is 7.90. The van der Waals surface area contributed by atoms with E-state index >= 15 is 0 Å². The molecule has 11 nitrogen and oxygen atoms in total. The van der Waals surface area contributed by atoms with Crippen LogP contribution >= 0.6 is 0 Å². The predicted molar refractivity (Wildman–Crippen MR) is 155 cm³/mol. The van der Waals surface area contributed by atoms with E-state index in [2.05, 4.69) is 15.3 Å². The second kappa shape index (κ2) is 11.9. The Bertz CT molecular complexity index is 1890. The first-order valence-electron chi connectivity index (χ1n) is 13.4. The van der Waals surface area contributed by atoms with Gasteiger partial charge >= 0.3 is 18.0 Å². The van der Waals surface area contributed by atoms with Crippen LogP contribution in [-0.2, 0) is 27.7 Å². The maximum absolute atomic E-state index is 13.2.